The van der Waals surface area contributed by atoms with Gasteiger partial charge in [-0.05, 0) is 49.9 Å². The van der Waals surface area contributed by atoms with Gasteiger partial charge >= 0.3 is 5.69 Å². The van der Waals surface area contributed by atoms with Crippen molar-refractivity contribution in [3.63, 3.8) is 0 Å². The van der Waals surface area contributed by atoms with Crippen molar-refractivity contribution in [1.82, 2.24) is 18.7 Å². The Hall–Kier alpha value is -2.87. The number of aliphatic hydroxyl groups excluding tert-OH is 1. The first-order valence-electron chi connectivity index (χ1n) is 9.59. The lowest BCUT2D eigenvalue weighted by molar-refractivity contribution is 0.277. The molecule has 148 valence electrons. The molecule has 28 heavy (non-hydrogen) atoms. The summed E-state index contributed by atoms with van der Waals surface area (Å²) in [6.07, 6.45) is 1.24. The molecule has 0 fully saturated rings. The summed E-state index contributed by atoms with van der Waals surface area (Å²) >= 11 is 0. The Balaban J connectivity index is 1.94. The fourth-order valence-corrected chi connectivity index (χ4v) is 3.83. The van der Waals surface area contributed by atoms with Crippen molar-refractivity contribution in [2.75, 3.05) is 18.1 Å². The summed E-state index contributed by atoms with van der Waals surface area (Å²) in [5.74, 6) is 0.691. The van der Waals surface area contributed by atoms with Crippen LogP contribution in [-0.2, 0) is 20.1 Å². The zero-order chi connectivity index (χ0) is 20.0. The van der Waals surface area contributed by atoms with Crippen LogP contribution in [0.2, 0.25) is 0 Å². The van der Waals surface area contributed by atoms with Crippen LogP contribution in [0, 0.1) is 13.8 Å². The Morgan fingerprint density at radius 1 is 1.14 bits per heavy atom. The molecule has 0 radical (unpaired) electrons. The molecule has 8 nitrogen and oxygen atoms in total. The van der Waals surface area contributed by atoms with Gasteiger partial charge in [0.2, 0.25) is 5.95 Å². The van der Waals surface area contributed by atoms with Gasteiger partial charge in [-0.1, -0.05) is 6.07 Å². The van der Waals surface area contributed by atoms with E-state index in [1.54, 1.807) is 7.05 Å². The number of hydrogen-bond donors (Lipinski definition) is 1. The van der Waals surface area contributed by atoms with Crippen molar-refractivity contribution in [1.29, 1.82) is 0 Å². The lowest BCUT2D eigenvalue weighted by Crippen LogP contribution is -2.40. The van der Waals surface area contributed by atoms with Crippen LogP contribution in [0.25, 0.3) is 11.2 Å². The number of anilines is 2. The minimum absolute atomic E-state index is 0.0707. The van der Waals surface area contributed by atoms with Gasteiger partial charge in [-0.15, -0.1) is 0 Å². The lowest BCUT2D eigenvalue weighted by atomic mass is 10.1. The lowest BCUT2D eigenvalue weighted by Gasteiger charge is -2.29. The van der Waals surface area contributed by atoms with Gasteiger partial charge in [0.1, 0.15) is 0 Å². The van der Waals surface area contributed by atoms with Crippen LogP contribution in [0.1, 0.15) is 24.0 Å². The fourth-order valence-electron chi connectivity index (χ4n) is 3.83. The molecule has 8 heteroatoms. The maximum Gasteiger partial charge on any atom is 0.332 e. The van der Waals surface area contributed by atoms with Gasteiger partial charge in [0, 0.05) is 39.0 Å². The first-order chi connectivity index (χ1) is 13.4. The van der Waals surface area contributed by atoms with Gasteiger partial charge in [-0.3, -0.25) is 13.9 Å². The maximum atomic E-state index is 13.1. The number of rotatable bonds is 4. The molecule has 0 spiro atoms. The quantitative estimate of drug-likeness (QED) is 0.737. The predicted molar refractivity (Wildman–Crippen MR) is 108 cm³/mol. The smallest absolute Gasteiger partial charge is 0.332 e. The number of nitrogens with zero attached hydrogens (tertiary/aromatic N) is 5. The van der Waals surface area contributed by atoms with Crippen molar-refractivity contribution in [2.24, 2.45) is 7.05 Å². The molecule has 1 aliphatic heterocycles. The molecule has 0 atom stereocenters. The number of hydrogen-bond acceptors (Lipinski definition) is 5. The molecular formula is C20H25N5O3. The second-order valence-electron chi connectivity index (χ2n) is 7.38. The summed E-state index contributed by atoms with van der Waals surface area (Å²) in [7, 11) is 1.64. The highest BCUT2D eigenvalue weighted by Gasteiger charge is 2.27. The highest BCUT2D eigenvalue weighted by Crippen LogP contribution is 2.31. The van der Waals surface area contributed by atoms with E-state index < -0.39 is 5.69 Å². The molecule has 1 aliphatic rings. The highest BCUT2D eigenvalue weighted by molar-refractivity contribution is 5.77. The molecule has 0 amide bonds. The molecule has 1 aromatic carbocycles. The molecule has 0 saturated carbocycles. The average molecular weight is 383 g/mol. The van der Waals surface area contributed by atoms with E-state index in [2.05, 4.69) is 36.9 Å². The zero-order valence-corrected chi connectivity index (χ0v) is 16.5. The van der Waals surface area contributed by atoms with Crippen molar-refractivity contribution in [2.45, 2.75) is 39.8 Å². The van der Waals surface area contributed by atoms with E-state index in [9.17, 15) is 9.59 Å². The van der Waals surface area contributed by atoms with E-state index in [1.807, 2.05) is 4.57 Å². The summed E-state index contributed by atoms with van der Waals surface area (Å²) in [4.78, 5) is 32.5. The summed E-state index contributed by atoms with van der Waals surface area (Å²) in [5, 5.41) is 9.10. The van der Waals surface area contributed by atoms with Gasteiger partial charge in [0.05, 0.1) is 0 Å². The van der Waals surface area contributed by atoms with Crippen LogP contribution in [0.15, 0.2) is 27.8 Å². The van der Waals surface area contributed by atoms with Gasteiger partial charge in [0.15, 0.2) is 11.2 Å². The minimum Gasteiger partial charge on any atom is -0.396 e. The molecule has 0 bridgehead atoms. The topological polar surface area (TPSA) is 85.3 Å². The van der Waals surface area contributed by atoms with Crippen LogP contribution in [0.3, 0.4) is 0 Å². The van der Waals surface area contributed by atoms with Crippen molar-refractivity contribution in [3.8, 4) is 0 Å². The van der Waals surface area contributed by atoms with Gasteiger partial charge in [-0.2, -0.15) is 4.98 Å². The van der Waals surface area contributed by atoms with Crippen molar-refractivity contribution < 1.29 is 5.11 Å². The SMILES string of the molecule is Cc1ccc(N2CCCn3c2nc2c3c(=O)n(CCCO)c(=O)n2C)cc1C. The number of benzene rings is 1. The molecule has 2 aromatic heterocycles. The molecule has 4 rings (SSSR count). The van der Waals surface area contributed by atoms with Crippen LogP contribution < -0.4 is 16.1 Å². The Labute approximate surface area is 162 Å². The predicted octanol–water partition coefficient (Wildman–Crippen LogP) is 1.44. The first kappa shape index (κ1) is 18.5. The highest BCUT2D eigenvalue weighted by atomic mass is 16.3. The number of aliphatic hydroxyl groups is 1. The largest absolute Gasteiger partial charge is 0.396 e. The zero-order valence-electron chi connectivity index (χ0n) is 16.5. The summed E-state index contributed by atoms with van der Waals surface area (Å²) < 4.78 is 4.55. The van der Waals surface area contributed by atoms with E-state index in [0.717, 1.165) is 18.7 Å². The molecule has 0 saturated heterocycles. The first-order valence-corrected chi connectivity index (χ1v) is 9.59. The monoisotopic (exact) mass is 383 g/mol. The van der Waals surface area contributed by atoms with Crippen molar-refractivity contribution in [3.05, 3.63) is 50.2 Å². The molecule has 3 heterocycles. The van der Waals surface area contributed by atoms with Crippen LogP contribution in [0.4, 0.5) is 11.6 Å². The number of aryl methyl sites for hydroxylation is 4. The molecule has 1 N–H and O–H groups in total. The maximum absolute atomic E-state index is 13.1. The number of aromatic nitrogens is 4. The Morgan fingerprint density at radius 2 is 1.93 bits per heavy atom. The summed E-state index contributed by atoms with van der Waals surface area (Å²) in [5.41, 5.74) is 3.56. The third-order valence-electron chi connectivity index (χ3n) is 5.56. The fraction of sp³-hybridized carbons (Fsp3) is 0.450. The van der Waals surface area contributed by atoms with Crippen LogP contribution >= 0.6 is 0 Å². The van der Waals surface area contributed by atoms with E-state index in [-0.39, 0.29) is 18.7 Å². The van der Waals surface area contributed by atoms with Crippen molar-refractivity contribution >= 4 is 22.8 Å². The van der Waals surface area contributed by atoms with Gasteiger partial charge in [0.25, 0.3) is 5.56 Å². The molecule has 3 aromatic rings. The van der Waals surface area contributed by atoms with Crippen LogP contribution in [-0.4, -0.2) is 36.9 Å². The molecular weight excluding hydrogens is 358 g/mol. The molecule has 0 unspecified atom stereocenters. The minimum atomic E-state index is -0.404. The Bertz CT molecular complexity index is 1170. The average Bonchev–Trinajstić information content (AvgIpc) is 3.08. The Morgan fingerprint density at radius 3 is 2.64 bits per heavy atom. The van der Waals surface area contributed by atoms with Gasteiger partial charge in [-0.25, -0.2) is 4.79 Å². The van der Waals surface area contributed by atoms with E-state index in [1.165, 1.54) is 20.3 Å². The van der Waals surface area contributed by atoms with Gasteiger partial charge < -0.3 is 14.6 Å². The molecule has 0 aliphatic carbocycles. The number of fused-ring (bicyclic) bond motifs is 3. The number of imidazole rings is 1. The summed E-state index contributed by atoms with van der Waals surface area (Å²) in [6.45, 7) is 5.77. The second kappa shape index (κ2) is 6.94. The van der Waals surface area contributed by atoms with E-state index in [4.69, 9.17) is 10.1 Å². The Kier molecular flexibility index (Phi) is 4.58. The standard InChI is InChI=1S/C20H25N5O3/c1-13-6-7-15(12-14(13)2)23-8-4-9-24-16-17(21-19(23)24)22(3)20(28)25(18(16)27)10-5-11-26/h6-7,12,26H,4-5,8-11H2,1-3H3. The third-order valence-corrected chi connectivity index (χ3v) is 5.56. The normalized spacial score (nSPS) is 13.9. The third kappa shape index (κ3) is 2.75. The summed E-state index contributed by atoms with van der Waals surface area (Å²) in [6, 6.07) is 6.28. The van der Waals surface area contributed by atoms with E-state index >= 15 is 0 Å². The second-order valence-corrected chi connectivity index (χ2v) is 7.38. The van der Waals surface area contributed by atoms with E-state index in [0.29, 0.717) is 30.1 Å². The van der Waals surface area contributed by atoms with Crippen LogP contribution in [0.5, 0.6) is 0 Å².